The van der Waals surface area contributed by atoms with Crippen LogP contribution in [0.4, 0.5) is 0 Å². The van der Waals surface area contributed by atoms with Crippen molar-refractivity contribution in [1.82, 2.24) is 0 Å². The molecule has 2 heteroatoms. The molecule has 0 saturated heterocycles. The smallest absolute Gasteiger partial charge is 0.313 e. The normalized spacial score (nSPS) is 12.3. The van der Waals surface area contributed by atoms with Crippen LogP contribution in [0.3, 0.4) is 0 Å². The molecule has 26 heavy (non-hydrogen) atoms. The van der Waals surface area contributed by atoms with Crippen LogP contribution >= 0.6 is 0 Å². The molecule has 0 bridgehead atoms. The lowest BCUT2D eigenvalue weighted by atomic mass is 9.97. The number of hydrogen-bond donors (Lipinski definition) is 0. The van der Waals surface area contributed by atoms with Crippen molar-refractivity contribution in [3.63, 3.8) is 0 Å². The van der Waals surface area contributed by atoms with E-state index in [0.29, 0.717) is 12.5 Å². The quantitative estimate of drug-likeness (QED) is 0.521. The Labute approximate surface area is 155 Å². The van der Waals surface area contributed by atoms with Gasteiger partial charge < -0.3 is 4.74 Å². The molecule has 0 aliphatic rings. The first-order valence-corrected chi connectivity index (χ1v) is 9.26. The molecule has 0 aliphatic carbocycles. The molecule has 0 spiro atoms. The number of fused-ring (bicyclic) bond motifs is 1. The maximum Gasteiger partial charge on any atom is 0.313 e. The van der Waals surface area contributed by atoms with Gasteiger partial charge in [0.05, 0.1) is 5.92 Å². The Morgan fingerprint density at radius 3 is 2.31 bits per heavy atom. The van der Waals surface area contributed by atoms with Crippen LogP contribution in [0, 0.1) is 5.92 Å². The molecule has 0 aliphatic heterocycles. The minimum absolute atomic E-state index is 0.186. The van der Waals surface area contributed by atoms with Crippen LogP contribution in [0.2, 0.25) is 0 Å². The minimum atomic E-state index is -0.266. The zero-order valence-corrected chi connectivity index (χ0v) is 15.7. The molecule has 0 heterocycles. The Morgan fingerprint density at radius 2 is 1.58 bits per heavy atom. The number of ether oxygens (including phenoxy) is 1. The molecule has 0 aromatic heterocycles. The van der Waals surface area contributed by atoms with E-state index in [1.807, 2.05) is 43.3 Å². The maximum atomic E-state index is 12.5. The lowest BCUT2D eigenvalue weighted by Gasteiger charge is -2.14. The summed E-state index contributed by atoms with van der Waals surface area (Å²) in [7, 11) is 0. The number of esters is 1. The van der Waals surface area contributed by atoms with Crippen molar-refractivity contribution in [3.8, 4) is 0 Å². The van der Waals surface area contributed by atoms with Gasteiger partial charge in [-0.15, -0.1) is 0 Å². The zero-order valence-electron chi connectivity index (χ0n) is 15.7. The topological polar surface area (TPSA) is 26.3 Å². The van der Waals surface area contributed by atoms with Crippen molar-refractivity contribution >= 4 is 16.7 Å². The molecule has 0 unspecified atom stereocenters. The highest BCUT2D eigenvalue weighted by Crippen LogP contribution is 2.22. The summed E-state index contributed by atoms with van der Waals surface area (Å²) >= 11 is 0. The van der Waals surface area contributed by atoms with E-state index < -0.39 is 0 Å². The third kappa shape index (κ3) is 4.32. The van der Waals surface area contributed by atoms with E-state index in [0.717, 1.165) is 28.3 Å². The highest BCUT2D eigenvalue weighted by Gasteiger charge is 2.17. The highest BCUT2D eigenvalue weighted by molar-refractivity contribution is 5.86. The number of rotatable bonds is 6. The second-order valence-electron chi connectivity index (χ2n) is 7.31. The van der Waals surface area contributed by atoms with Crippen molar-refractivity contribution < 1.29 is 9.53 Å². The average Bonchev–Trinajstić information content (AvgIpc) is 2.65. The number of hydrogen-bond acceptors (Lipinski definition) is 2. The third-order valence-electron chi connectivity index (χ3n) is 4.73. The van der Waals surface area contributed by atoms with Gasteiger partial charge >= 0.3 is 5.97 Å². The summed E-state index contributed by atoms with van der Waals surface area (Å²) in [5.41, 5.74) is 3.34. The van der Waals surface area contributed by atoms with Gasteiger partial charge in [-0.2, -0.15) is 0 Å². The number of carbonyl (C=O) groups excluding carboxylic acids is 1. The predicted octanol–water partition coefficient (Wildman–Crippen LogP) is 5.89. The van der Waals surface area contributed by atoms with Crippen molar-refractivity contribution in [2.45, 2.75) is 39.7 Å². The largest absolute Gasteiger partial charge is 0.460 e. The van der Waals surface area contributed by atoms with Crippen molar-refractivity contribution in [1.29, 1.82) is 0 Å². The van der Waals surface area contributed by atoms with Gasteiger partial charge in [0.15, 0.2) is 0 Å². The molecular weight excluding hydrogens is 320 g/mol. The van der Waals surface area contributed by atoms with Gasteiger partial charge in [0.2, 0.25) is 0 Å². The van der Waals surface area contributed by atoms with E-state index in [1.165, 1.54) is 5.56 Å². The van der Waals surface area contributed by atoms with Gasteiger partial charge in [-0.05, 0) is 46.7 Å². The summed E-state index contributed by atoms with van der Waals surface area (Å²) in [6.07, 6.45) is 1.06. The highest BCUT2D eigenvalue weighted by atomic mass is 16.5. The van der Waals surface area contributed by atoms with E-state index in [9.17, 15) is 4.79 Å². The summed E-state index contributed by atoms with van der Waals surface area (Å²) in [6, 6.07) is 22.6. The molecule has 0 N–H and O–H groups in total. The molecule has 0 fully saturated rings. The Bertz CT molecular complexity index is 873. The Morgan fingerprint density at radius 1 is 0.885 bits per heavy atom. The molecule has 0 radical (unpaired) electrons. The maximum absolute atomic E-state index is 12.5. The minimum Gasteiger partial charge on any atom is -0.460 e. The molecular formula is C24H26O2. The monoisotopic (exact) mass is 346 g/mol. The Hall–Kier alpha value is -2.61. The summed E-state index contributed by atoms with van der Waals surface area (Å²) in [4.78, 5) is 12.5. The molecule has 2 nitrogen and oxygen atoms in total. The standard InChI is InChI=1S/C24H26O2/c1-17(2)15-19-11-13-20(14-12-19)18(3)24(25)26-16-22-9-6-8-21-7-4-5-10-23(21)22/h4-14,17-18H,15-16H2,1-3H3/t18-/m1/s1. The van der Waals surface area contributed by atoms with Crippen LogP contribution in [0.25, 0.3) is 10.8 Å². The first-order chi connectivity index (χ1) is 12.5. The molecule has 3 aromatic rings. The fraction of sp³-hybridized carbons (Fsp3) is 0.292. The van der Waals surface area contributed by atoms with Crippen LogP contribution in [0.5, 0.6) is 0 Å². The number of benzene rings is 3. The lowest BCUT2D eigenvalue weighted by molar-refractivity contribution is -0.146. The molecule has 3 aromatic carbocycles. The van der Waals surface area contributed by atoms with E-state index in [-0.39, 0.29) is 11.9 Å². The van der Waals surface area contributed by atoms with Crippen molar-refractivity contribution in [2.24, 2.45) is 5.92 Å². The molecule has 1 atom stereocenters. The Balaban J connectivity index is 1.65. The van der Waals surface area contributed by atoms with Gasteiger partial charge in [0.25, 0.3) is 0 Å². The van der Waals surface area contributed by atoms with E-state index in [4.69, 9.17) is 4.74 Å². The second-order valence-corrected chi connectivity index (χ2v) is 7.31. The van der Waals surface area contributed by atoms with Crippen molar-refractivity contribution in [2.75, 3.05) is 0 Å². The average molecular weight is 346 g/mol. The van der Waals surface area contributed by atoms with Crippen LogP contribution < -0.4 is 0 Å². The summed E-state index contributed by atoms with van der Waals surface area (Å²) in [5, 5.41) is 2.29. The van der Waals surface area contributed by atoms with Gasteiger partial charge in [0, 0.05) is 0 Å². The van der Waals surface area contributed by atoms with E-state index >= 15 is 0 Å². The van der Waals surface area contributed by atoms with Gasteiger partial charge in [-0.1, -0.05) is 80.6 Å². The van der Waals surface area contributed by atoms with Crippen LogP contribution in [-0.4, -0.2) is 5.97 Å². The SMILES string of the molecule is CC(C)Cc1ccc([C@@H](C)C(=O)OCc2cccc3ccccc23)cc1. The fourth-order valence-electron chi connectivity index (χ4n) is 3.24. The summed E-state index contributed by atoms with van der Waals surface area (Å²) in [6.45, 7) is 6.63. The van der Waals surface area contributed by atoms with Gasteiger partial charge in [-0.3, -0.25) is 4.79 Å². The Kier molecular flexibility index (Phi) is 5.72. The molecule has 3 rings (SSSR count). The third-order valence-corrected chi connectivity index (χ3v) is 4.73. The molecule has 0 saturated carbocycles. The number of carbonyl (C=O) groups is 1. The van der Waals surface area contributed by atoms with Crippen molar-refractivity contribution in [3.05, 3.63) is 83.4 Å². The molecule has 134 valence electrons. The van der Waals surface area contributed by atoms with E-state index in [2.05, 4.69) is 44.2 Å². The fourth-order valence-corrected chi connectivity index (χ4v) is 3.24. The zero-order chi connectivity index (χ0) is 18.5. The summed E-state index contributed by atoms with van der Waals surface area (Å²) < 4.78 is 5.61. The molecule has 0 amide bonds. The summed E-state index contributed by atoms with van der Waals surface area (Å²) in [5.74, 6) is 0.177. The van der Waals surface area contributed by atoms with Gasteiger partial charge in [-0.25, -0.2) is 0 Å². The second kappa shape index (κ2) is 8.18. The first-order valence-electron chi connectivity index (χ1n) is 9.26. The lowest BCUT2D eigenvalue weighted by Crippen LogP contribution is -2.13. The van der Waals surface area contributed by atoms with Crippen LogP contribution in [0.1, 0.15) is 43.4 Å². The van der Waals surface area contributed by atoms with Crippen LogP contribution in [-0.2, 0) is 22.6 Å². The van der Waals surface area contributed by atoms with E-state index in [1.54, 1.807) is 0 Å². The van der Waals surface area contributed by atoms with Crippen LogP contribution in [0.15, 0.2) is 66.7 Å². The van der Waals surface area contributed by atoms with Gasteiger partial charge in [0.1, 0.15) is 6.61 Å². The first kappa shape index (κ1) is 18.2. The predicted molar refractivity (Wildman–Crippen MR) is 107 cm³/mol.